The third-order valence-corrected chi connectivity index (χ3v) is 2.29. The third kappa shape index (κ3) is 6.63. The third-order valence-electron chi connectivity index (χ3n) is 2.29. The van der Waals surface area contributed by atoms with Gasteiger partial charge in [0.15, 0.2) is 0 Å². The van der Waals surface area contributed by atoms with Crippen LogP contribution in [0.15, 0.2) is 0 Å². The highest BCUT2D eigenvalue weighted by molar-refractivity contribution is 5.81. The second-order valence-electron chi connectivity index (χ2n) is 3.79. The normalized spacial score (nSPS) is 12.4. The maximum atomic E-state index is 10.8. The number of hydrogen-bond acceptors (Lipinski definition) is 2. The van der Waals surface area contributed by atoms with Crippen molar-refractivity contribution in [1.82, 2.24) is 0 Å². The first-order chi connectivity index (χ1) is 6.57. The molecule has 1 unspecified atom stereocenters. The standard InChI is InChI=1S/C11H20O3/c1-3-4-5-6-7-10(11(13)14)8-9(2)12/h10H,3-8H2,1-2H3,(H,13,14). The van der Waals surface area contributed by atoms with Crippen molar-refractivity contribution in [2.45, 2.75) is 52.4 Å². The number of hydrogen-bond donors (Lipinski definition) is 1. The summed E-state index contributed by atoms with van der Waals surface area (Å²) in [6.07, 6.45) is 5.09. The number of ketones is 1. The summed E-state index contributed by atoms with van der Waals surface area (Å²) in [7, 11) is 0. The summed E-state index contributed by atoms with van der Waals surface area (Å²) in [5, 5.41) is 8.83. The first-order valence-corrected chi connectivity index (χ1v) is 5.30. The van der Waals surface area contributed by atoms with Gasteiger partial charge in [0.05, 0.1) is 5.92 Å². The zero-order chi connectivity index (χ0) is 11.0. The molecule has 1 N–H and O–H groups in total. The molecule has 0 radical (unpaired) electrons. The minimum Gasteiger partial charge on any atom is -0.481 e. The molecule has 0 aliphatic heterocycles. The van der Waals surface area contributed by atoms with E-state index < -0.39 is 11.9 Å². The van der Waals surface area contributed by atoms with Crippen LogP contribution in [0.2, 0.25) is 0 Å². The number of aliphatic carboxylic acids is 1. The molecule has 0 saturated heterocycles. The minimum absolute atomic E-state index is 0.0344. The second-order valence-corrected chi connectivity index (χ2v) is 3.79. The molecule has 3 heteroatoms. The Balaban J connectivity index is 3.74. The van der Waals surface area contributed by atoms with Gasteiger partial charge < -0.3 is 9.90 Å². The Labute approximate surface area is 85.5 Å². The van der Waals surface area contributed by atoms with Crippen LogP contribution >= 0.6 is 0 Å². The fourth-order valence-electron chi connectivity index (χ4n) is 1.48. The molecule has 3 nitrogen and oxygen atoms in total. The van der Waals surface area contributed by atoms with Gasteiger partial charge in [-0.05, 0) is 13.3 Å². The van der Waals surface area contributed by atoms with Crippen molar-refractivity contribution >= 4 is 11.8 Å². The molecule has 0 aliphatic carbocycles. The Bertz CT molecular complexity index is 187. The van der Waals surface area contributed by atoms with E-state index in [1.807, 2.05) is 0 Å². The lowest BCUT2D eigenvalue weighted by molar-refractivity contribution is -0.143. The van der Waals surface area contributed by atoms with Crippen molar-refractivity contribution < 1.29 is 14.7 Å². The van der Waals surface area contributed by atoms with Crippen LogP contribution in [0.25, 0.3) is 0 Å². The topological polar surface area (TPSA) is 54.4 Å². The van der Waals surface area contributed by atoms with Crippen molar-refractivity contribution in [3.05, 3.63) is 0 Å². The van der Waals surface area contributed by atoms with E-state index in [4.69, 9.17) is 5.11 Å². The number of carboxylic acid groups (broad SMARTS) is 1. The molecule has 0 aromatic carbocycles. The molecular formula is C11H20O3. The van der Waals surface area contributed by atoms with Crippen molar-refractivity contribution in [2.75, 3.05) is 0 Å². The fourth-order valence-corrected chi connectivity index (χ4v) is 1.48. The van der Waals surface area contributed by atoms with Gasteiger partial charge in [-0.25, -0.2) is 0 Å². The van der Waals surface area contributed by atoms with E-state index in [0.29, 0.717) is 6.42 Å². The summed E-state index contributed by atoms with van der Waals surface area (Å²) >= 11 is 0. The van der Waals surface area contributed by atoms with Crippen LogP contribution in [0.5, 0.6) is 0 Å². The lowest BCUT2D eigenvalue weighted by Gasteiger charge is -2.09. The van der Waals surface area contributed by atoms with Crippen molar-refractivity contribution in [1.29, 1.82) is 0 Å². The van der Waals surface area contributed by atoms with Crippen LogP contribution in [0.1, 0.15) is 52.4 Å². The largest absolute Gasteiger partial charge is 0.481 e. The van der Waals surface area contributed by atoms with E-state index in [-0.39, 0.29) is 12.2 Å². The van der Waals surface area contributed by atoms with Gasteiger partial charge in [-0.2, -0.15) is 0 Å². The van der Waals surface area contributed by atoms with Crippen LogP contribution in [0, 0.1) is 5.92 Å². The molecule has 1 atom stereocenters. The molecule has 0 aromatic rings. The first-order valence-electron chi connectivity index (χ1n) is 5.30. The maximum Gasteiger partial charge on any atom is 0.306 e. The maximum absolute atomic E-state index is 10.8. The number of carbonyl (C=O) groups excluding carboxylic acids is 1. The van der Waals surface area contributed by atoms with Gasteiger partial charge in [-0.1, -0.05) is 32.6 Å². The van der Waals surface area contributed by atoms with Crippen molar-refractivity contribution in [2.24, 2.45) is 5.92 Å². The number of Topliss-reactive ketones (excluding diaryl/α,β-unsaturated/α-hetero) is 1. The van der Waals surface area contributed by atoms with Gasteiger partial charge in [0, 0.05) is 6.42 Å². The van der Waals surface area contributed by atoms with Crippen molar-refractivity contribution in [3.8, 4) is 0 Å². The molecule has 0 heterocycles. The quantitative estimate of drug-likeness (QED) is 0.613. The monoisotopic (exact) mass is 200 g/mol. The molecule has 0 amide bonds. The van der Waals surface area contributed by atoms with Crippen LogP contribution in [-0.4, -0.2) is 16.9 Å². The zero-order valence-corrected chi connectivity index (χ0v) is 9.08. The Hall–Kier alpha value is -0.860. The first kappa shape index (κ1) is 13.1. The van der Waals surface area contributed by atoms with Crippen LogP contribution in [0.4, 0.5) is 0 Å². The number of rotatable bonds is 8. The lowest BCUT2D eigenvalue weighted by atomic mass is 9.96. The Kier molecular flexibility index (Phi) is 7.07. The Morgan fingerprint density at radius 3 is 2.29 bits per heavy atom. The summed E-state index contributed by atoms with van der Waals surface area (Å²) in [6.45, 7) is 3.56. The van der Waals surface area contributed by atoms with E-state index in [1.54, 1.807) is 0 Å². The van der Waals surface area contributed by atoms with Gasteiger partial charge in [0.1, 0.15) is 5.78 Å². The van der Waals surface area contributed by atoms with Gasteiger partial charge in [-0.3, -0.25) is 4.79 Å². The van der Waals surface area contributed by atoms with Crippen LogP contribution in [-0.2, 0) is 9.59 Å². The smallest absolute Gasteiger partial charge is 0.306 e. The average Bonchev–Trinajstić information content (AvgIpc) is 2.09. The Morgan fingerprint density at radius 2 is 1.86 bits per heavy atom. The predicted octanol–water partition coefficient (Wildman–Crippen LogP) is 2.64. The van der Waals surface area contributed by atoms with Gasteiger partial charge in [-0.15, -0.1) is 0 Å². The van der Waals surface area contributed by atoms with E-state index in [1.165, 1.54) is 6.92 Å². The molecule has 82 valence electrons. The van der Waals surface area contributed by atoms with Gasteiger partial charge in [0.25, 0.3) is 0 Å². The summed E-state index contributed by atoms with van der Waals surface area (Å²) in [5.41, 5.74) is 0. The predicted molar refractivity (Wildman–Crippen MR) is 55.2 cm³/mol. The molecule has 14 heavy (non-hydrogen) atoms. The zero-order valence-electron chi connectivity index (χ0n) is 9.08. The molecule has 0 aromatic heterocycles. The van der Waals surface area contributed by atoms with E-state index >= 15 is 0 Å². The molecule has 0 fully saturated rings. The summed E-state index contributed by atoms with van der Waals surface area (Å²) in [6, 6.07) is 0. The molecular weight excluding hydrogens is 180 g/mol. The molecule has 0 aliphatic rings. The number of unbranched alkanes of at least 4 members (excludes halogenated alkanes) is 3. The number of carboxylic acids is 1. The number of carbonyl (C=O) groups is 2. The minimum atomic E-state index is -0.836. The van der Waals surface area contributed by atoms with Crippen molar-refractivity contribution in [3.63, 3.8) is 0 Å². The summed E-state index contributed by atoms with van der Waals surface area (Å²) < 4.78 is 0. The summed E-state index contributed by atoms with van der Waals surface area (Å²) in [5.74, 6) is -1.34. The van der Waals surface area contributed by atoms with Gasteiger partial charge >= 0.3 is 5.97 Å². The van der Waals surface area contributed by atoms with Crippen LogP contribution < -0.4 is 0 Å². The molecule has 0 rings (SSSR count). The second kappa shape index (κ2) is 7.54. The molecule has 0 bridgehead atoms. The summed E-state index contributed by atoms with van der Waals surface area (Å²) in [4.78, 5) is 21.5. The van der Waals surface area contributed by atoms with Gasteiger partial charge in [0.2, 0.25) is 0 Å². The van der Waals surface area contributed by atoms with E-state index in [2.05, 4.69) is 6.92 Å². The highest BCUT2D eigenvalue weighted by Crippen LogP contribution is 2.15. The fraction of sp³-hybridized carbons (Fsp3) is 0.818. The average molecular weight is 200 g/mol. The molecule has 0 spiro atoms. The van der Waals surface area contributed by atoms with E-state index in [0.717, 1.165) is 25.7 Å². The van der Waals surface area contributed by atoms with E-state index in [9.17, 15) is 9.59 Å². The van der Waals surface area contributed by atoms with Crippen LogP contribution in [0.3, 0.4) is 0 Å². The Morgan fingerprint density at radius 1 is 1.21 bits per heavy atom. The SMILES string of the molecule is CCCCCCC(CC(C)=O)C(=O)O. The lowest BCUT2D eigenvalue weighted by Crippen LogP contribution is -2.16. The molecule has 0 saturated carbocycles. The highest BCUT2D eigenvalue weighted by atomic mass is 16.4. The highest BCUT2D eigenvalue weighted by Gasteiger charge is 2.18.